The van der Waals surface area contributed by atoms with Gasteiger partial charge in [-0.2, -0.15) is 0 Å². The third kappa shape index (κ3) is 5.48. The Morgan fingerprint density at radius 1 is 1.02 bits per heavy atom. The van der Waals surface area contributed by atoms with Gasteiger partial charge in [-0.3, -0.25) is 9.80 Å². The Bertz CT molecular complexity index is 1250. The number of ether oxygens (including phenoxy) is 1. The smallest absolute Gasteiger partial charge is 0.127 e. The van der Waals surface area contributed by atoms with Crippen molar-refractivity contribution >= 4 is 16.7 Å². The van der Waals surface area contributed by atoms with Gasteiger partial charge in [0.1, 0.15) is 11.6 Å². The molecule has 7 heteroatoms. The average Bonchev–Trinajstić information content (AvgIpc) is 3.32. The van der Waals surface area contributed by atoms with Gasteiger partial charge < -0.3 is 19.5 Å². The van der Waals surface area contributed by atoms with E-state index in [1.54, 1.807) is 7.11 Å². The van der Waals surface area contributed by atoms with Crippen LogP contribution < -0.4 is 15.0 Å². The van der Waals surface area contributed by atoms with Crippen LogP contribution in [0.5, 0.6) is 5.75 Å². The van der Waals surface area contributed by atoms with Gasteiger partial charge >= 0.3 is 0 Å². The first-order valence-corrected chi connectivity index (χ1v) is 15.4. The van der Waals surface area contributed by atoms with Crippen LogP contribution in [0.15, 0.2) is 42.5 Å². The lowest BCUT2D eigenvalue weighted by molar-refractivity contribution is 0.110. The molecule has 0 radical (unpaired) electrons. The second-order valence-corrected chi connectivity index (χ2v) is 12.3. The van der Waals surface area contributed by atoms with Crippen molar-refractivity contribution in [2.75, 3.05) is 52.3 Å². The summed E-state index contributed by atoms with van der Waals surface area (Å²) >= 11 is 0. The molecular formula is C33H50N6O. The molecule has 2 fully saturated rings. The van der Waals surface area contributed by atoms with Crippen molar-refractivity contribution in [3.63, 3.8) is 0 Å². The highest BCUT2D eigenvalue weighted by atomic mass is 16.5. The predicted octanol–water partition coefficient (Wildman–Crippen LogP) is 5.65. The number of methoxy groups -OCH3 is 1. The maximum absolute atomic E-state index is 5.42. The predicted molar refractivity (Wildman–Crippen MR) is 166 cm³/mol. The number of piperazine rings is 1. The molecule has 2 aliphatic rings. The van der Waals surface area contributed by atoms with Crippen LogP contribution in [-0.4, -0.2) is 78.8 Å². The summed E-state index contributed by atoms with van der Waals surface area (Å²) in [7, 11) is 6.17. The van der Waals surface area contributed by atoms with Gasteiger partial charge in [-0.25, -0.2) is 4.98 Å². The molecular weight excluding hydrogens is 496 g/mol. The van der Waals surface area contributed by atoms with Gasteiger partial charge in [-0.1, -0.05) is 25.5 Å². The molecule has 7 nitrogen and oxygen atoms in total. The Balaban J connectivity index is 1.40. The van der Waals surface area contributed by atoms with Crippen LogP contribution in [0, 0.1) is 0 Å². The Morgan fingerprint density at radius 2 is 1.70 bits per heavy atom. The molecule has 3 atom stereocenters. The molecule has 40 heavy (non-hydrogen) atoms. The Kier molecular flexibility index (Phi) is 8.74. The van der Waals surface area contributed by atoms with Gasteiger partial charge in [-0.15, -0.1) is 0 Å². The van der Waals surface area contributed by atoms with Crippen LogP contribution in [0.2, 0.25) is 0 Å². The van der Waals surface area contributed by atoms with E-state index >= 15 is 0 Å². The molecule has 1 N–H and O–H groups in total. The van der Waals surface area contributed by atoms with Gasteiger partial charge in [-0.05, 0) is 90.0 Å². The summed E-state index contributed by atoms with van der Waals surface area (Å²) in [5, 5.41) is 3.70. The second kappa shape index (κ2) is 12.1. The average molecular weight is 547 g/mol. The molecule has 3 aromatic rings. The standard InChI is InChI=1S/C33H50N6O/c1-8-10-31(38-22-24(3)34-25(4)23-38)32-35-29-21-27(13-16-30(29)39(32)9-2)37-19-17-33(18-20-37,36(5)6)26-11-14-28(40-7)15-12-26/h11-16,21,24-25,31,34H,8-10,17-20,22-23H2,1-7H3/t24-,25+,31-/m0/s1. The number of piperidine rings is 1. The van der Waals surface area contributed by atoms with E-state index in [4.69, 9.17) is 9.72 Å². The quantitative estimate of drug-likeness (QED) is 0.375. The largest absolute Gasteiger partial charge is 0.497 e. The zero-order valence-electron chi connectivity index (χ0n) is 25.8. The number of aromatic nitrogens is 2. The minimum atomic E-state index is 0.0365. The van der Waals surface area contributed by atoms with E-state index in [9.17, 15) is 0 Å². The van der Waals surface area contributed by atoms with Crippen molar-refractivity contribution in [2.45, 2.75) is 83.6 Å². The van der Waals surface area contributed by atoms with Crippen molar-refractivity contribution in [1.82, 2.24) is 24.7 Å². The fraction of sp³-hybridized carbons (Fsp3) is 0.606. The summed E-state index contributed by atoms with van der Waals surface area (Å²) < 4.78 is 7.88. The van der Waals surface area contributed by atoms with Crippen LogP contribution in [-0.2, 0) is 12.1 Å². The van der Waals surface area contributed by atoms with E-state index in [1.807, 2.05) is 0 Å². The van der Waals surface area contributed by atoms with E-state index < -0.39 is 0 Å². The van der Waals surface area contributed by atoms with E-state index in [2.05, 4.69) is 109 Å². The van der Waals surface area contributed by atoms with Crippen molar-refractivity contribution in [1.29, 1.82) is 0 Å². The summed E-state index contributed by atoms with van der Waals surface area (Å²) in [4.78, 5) is 13.0. The van der Waals surface area contributed by atoms with Crippen LogP contribution >= 0.6 is 0 Å². The summed E-state index contributed by atoms with van der Waals surface area (Å²) in [5.41, 5.74) is 5.09. The molecule has 2 saturated heterocycles. The summed E-state index contributed by atoms with van der Waals surface area (Å²) in [6.45, 7) is 14.3. The maximum Gasteiger partial charge on any atom is 0.127 e. The first-order chi connectivity index (χ1) is 19.3. The molecule has 2 aromatic carbocycles. The van der Waals surface area contributed by atoms with Gasteiger partial charge in [0.2, 0.25) is 0 Å². The van der Waals surface area contributed by atoms with Crippen LogP contribution in [0.3, 0.4) is 0 Å². The first kappa shape index (κ1) is 28.9. The van der Waals surface area contributed by atoms with E-state index in [0.717, 1.165) is 69.7 Å². The minimum Gasteiger partial charge on any atom is -0.497 e. The lowest BCUT2D eigenvalue weighted by Crippen LogP contribution is -2.55. The topological polar surface area (TPSA) is 48.8 Å². The van der Waals surface area contributed by atoms with Crippen LogP contribution in [0.4, 0.5) is 5.69 Å². The molecule has 1 aromatic heterocycles. The fourth-order valence-corrected chi connectivity index (χ4v) is 7.32. The number of hydrogen-bond donors (Lipinski definition) is 1. The minimum absolute atomic E-state index is 0.0365. The highest BCUT2D eigenvalue weighted by Gasteiger charge is 2.38. The molecule has 0 spiro atoms. The first-order valence-electron chi connectivity index (χ1n) is 15.4. The van der Waals surface area contributed by atoms with Crippen molar-refractivity contribution in [3.8, 4) is 5.75 Å². The Labute approximate surface area is 241 Å². The lowest BCUT2D eigenvalue weighted by Gasteiger charge is -2.47. The molecule has 0 unspecified atom stereocenters. The third-order valence-corrected chi connectivity index (χ3v) is 9.40. The number of nitrogens with one attached hydrogen (secondary N) is 1. The van der Waals surface area contributed by atoms with Gasteiger partial charge in [0.05, 0.1) is 24.2 Å². The molecule has 5 rings (SSSR count). The third-order valence-electron chi connectivity index (χ3n) is 9.40. The zero-order chi connectivity index (χ0) is 28.4. The lowest BCUT2D eigenvalue weighted by atomic mass is 9.79. The molecule has 218 valence electrons. The SMILES string of the molecule is CCC[C@@H](c1nc2cc(N3CCC(c4ccc(OC)cc4)(N(C)C)CC3)ccc2n1CC)N1C[C@@H](C)N[C@@H](C)C1. The molecule has 0 aliphatic carbocycles. The number of anilines is 1. The van der Waals surface area contributed by atoms with Crippen molar-refractivity contribution in [2.24, 2.45) is 0 Å². The number of aryl methyl sites for hydroxylation is 1. The molecule has 0 saturated carbocycles. The van der Waals surface area contributed by atoms with Gasteiger partial charge in [0.25, 0.3) is 0 Å². The maximum atomic E-state index is 5.42. The zero-order valence-corrected chi connectivity index (χ0v) is 25.8. The molecule has 0 amide bonds. The molecule has 2 aliphatic heterocycles. The van der Waals surface area contributed by atoms with Gasteiger partial charge in [0, 0.05) is 56.0 Å². The Hall–Kier alpha value is -2.61. The van der Waals surface area contributed by atoms with Gasteiger partial charge in [0.15, 0.2) is 0 Å². The highest BCUT2D eigenvalue weighted by molar-refractivity contribution is 5.80. The van der Waals surface area contributed by atoms with E-state index in [-0.39, 0.29) is 5.54 Å². The number of hydrogen-bond acceptors (Lipinski definition) is 6. The number of benzene rings is 2. The molecule has 3 heterocycles. The summed E-state index contributed by atoms with van der Waals surface area (Å²) in [5.74, 6) is 2.15. The van der Waals surface area contributed by atoms with Crippen molar-refractivity contribution in [3.05, 3.63) is 53.9 Å². The Morgan fingerprint density at radius 3 is 2.27 bits per heavy atom. The number of nitrogens with zero attached hydrogens (tertiary/aromatic N) is 5. The van der Waals surface area contributed by atoms with Crippen molar-refractivity contribution < 1.29 is 4.74 Å². The van der Waals surface area contributed by atoms with Crippen LogP contribution in [0.25, 0.3) is 11.0 Å². The molecule has 0 bridgehead atoms. The highest BCUT2D eigenvalue weighted by Crippen LogP contribution is 2.40. The van der Waals surface area contributed by atoms with E-state index in [1.165, 1.54) is 22.6 Å². The summed E-state index contributed by atoms with van der Waals surface area (Å²) in [6.07, 6.45) is 4.46. The number of rotatable bonds is 9. The monoisotopic (exact) mass is 546 g/mol. The fourth-order valence-electron chi connectivity index (χ4n) is 7.32. The van der Waals surface area contributed by atoms with E-state index in [0.29, 0.717) is 18.1 Å². The normalized spacial score (nSPS) is 22.6. The second-order valence-electron chi connectivity index (χ2n) is 12.3. The van der Waals surface area contributed by atoms with Crippen LogP contribution in [0.1, 0.15) is 70.8 Å². The number of fused-ring (bicyclic) bond motifs is 1. The number of imidazole rings is 1. The summed E-state index contributed by atoms with van der Waals surface area (Å²) in [6, 6.07) is 17.0.